The highest BCUT2D eigenvalue weighted by molar-refractivity contribution is 7.12. The van der Waals surface area contributed by atoms with Crippen LogP contribution < -0.4 is 10.6 Å². The van der Waals surface area contributed by atoms with E-state index in [0.29, 0.717) is 13.1 Å². The van der Waals surface area contributed by atoms with Crippen molar-refractivity contribution < 1.29 is 14.7 Å². The predicted molar refractivity (Wildman–Crippen MR) is 66.0 cm³/mol. The summed E-state index contributed by atoms with van der Waals surface area (Å²) >= 11 is 1.45. The number of thiophene rings is 1. The Morgan fingerprint density at radius 3 is 2.71 bits per heavy atom. The van der Waals surface area contributed by atoms with E-state index in [0.717, 1.165) is 9.75 Å². The van der Waals surface area contributed by atoms with Gasteiger partial charge in [0.1, 0.15) is 0 Å². The van der Waals surface area contributed by atoms with Crippen molar-refractivity contribution in [2.45, 2.75) is 19.9 Å². The standard InChI is InChI=1S/C11H16N2O3S/c1-2-13-10(14)7-12-6-9-4-3-8(17-9)5-11(15)16/h3-4,12H,2,5-7H2,1H3,(H,13,14)(H,15,16). The predicted octanol–water partition coefficient (Wildman–Crippen LogP) is 0.601. The van der Waals surface area contributed by atoms with Crippen molar-refractivity contribution >= 4 is 23.2 Å². The monoisotopic (exact) mass is 256 g/mol. The molecular weight excluding hydrogens is 240 g/mol. The van der Waals surface area contributed by atoms with Crippen molar-refractivity contribution in [3.8, 4) is 0 Å². The number of aliphatic carboxylic acids is 1. The summed E-state index contributed by atoms with van der Waals surface area (Å²) < 4.78 is 0. The maximum absolute atomic E-state index is 11.1. The van der Waals surface area contributed by atoms with Gasteiger partial charge in [-0.2, -0.15) is 0 Å². The molecule has 0 fully saturated rings. The molecule has 1 heterocycles. The summed E-state index contributed by atoms with van der Waals surface area (Å²) in [7, 11) is 0. The number of carboxylic acids is 1. The first-order valence-corrected chi connectivity index (χ1v) is 6.20. The Bertz CT molecular complexity index is 390. The van der Waals surface area contributed by atoms with E-state index in [4.69, 9.17) is 5.11 Å². The molecule has 17 heavy (non-hydrogen) atoms. The highest BCUT2D eigenvalue weighted by Gasteiger charge is 2.05. The largest absolute Gasteiger partial charge is 0.481 e. The van der Waals surface area contributed by atoms with E-state index in [9.17, 15) is 9.59 Å². The van der Waals surface area contributed by atoms with E-state index in [-0.39, 0.29) is 18.9 Å². The Morgan fingerprint density at radius 1 is 1.35 bits per heavy atom. The second-order valence-electron chi connectivity index (χ2n) is 3.50. The van der Waals surface area contributed by atoms with Gasteiger partial charge in [0.15, 0.2) is 0 Å². The summed E-state index contributed by atoms with van der Waals surface area (Å²) in [6.45, 7) is 3.36. The highest BCUT2D eigenvalue weighted by atomic mass is 32.1. The fourth-order valence-corrected chi connectivity index (χ4v) is 2.30. The fourth-order valence-electron chi connectivity index (χ4n) is 1.32. The summed E-state index contributed by atoms with van der Waals surface area (Å²) in [6.07, 6.45) is 0.0565. The topological polar surface area (TPSA) is 78.4 Å². The second kappa shape index (κ2) is 7.03. The molecule has 0 saturated carbocycles. The lowest BCUT2D eigenvalue weighted by Crippen LogP contribution is -2.33. The Labute approximate surface area is 104 Å². The minimum Gasteiger partial charge on any atom is -0.481 e. The average molecular weight is 256 g/mol. The van der Waals surface area contributed by atoms with E-state index in [1.807, 2.05) is 19.1 Å². The van der Waals surface area contributed by atoms with Gasteiger partial charge in [-0.1, -0.05) is 0 Å². The Balaban J connectivity index is 2.30. The SMILES string of the molecule is CCNC(=O)CNCc1ccc(CC(=O)O)s1. The van der Waals surface area contributed by atoms with Gasteiger partial charge in [0.2, 0.25) is 5.91 Å². The maximum Gasteiger partial charge on any atom is 0.308 e. The summed E-state index contributed by atoms with van der Waals surface area (Å²) in [6, 6.07) is 3.69. The van der Waals surface area contributed by atoms with Gasteiger partial charge in [-0.05, 0) is 19.1 Å². The molecule has 1 aromatic rings. The molecule has 0 bridgehead atoms. The van der Waals surface area contributed by atoms with Crippen molar-refractivity contribution in [1.29, 1.82) is 0 Å². The molecule has 1 amide bonds. The smallest absolute Gasteiger partial charge is 0.308 e. The molecule has 1 aromatic heterocycles. The zero-order chi connectivity index (χ0) is 12.7. The molecular formula is C11H16N2O3S. The molecule has 0 aliphatic heterocycles. The normalized spacial score (nSPS) is 10.2. The average Bonchev–Trinajstić information content (AvgIpc) is 2.65. The molecule has 6 heteroatoms. The number of carbonyl (C=O) groups is 2. The first-order valence-electron chi connectivity index (χ1n) is 5.38. The number of hydrogen-bond acceptors (Lipinski definition) is 4. The van der Waals surface area contributed by atoms with Crippen LogP contribution in [0.5, 0.6) is 0 Å². The molecule has 5 nitrogen and oxygen atoms in total. The van der Waals surface area contributed by atoms with Crippen molar-refractivity contribution in [3.05, 3.63) is 21.9 Å². The van der Waals surface area contributed by atoms with Crippen molar-refractivity contribution in [1.82, 2.24) is 10.6 Å². The van der Waals surface area contributed by atoms with Crippen LogP contribution in [0.25, 0.3) is 0 Å². The first-order chi connectivity index (χ1) is 8.11. The molecule has 0 aliphatic rings. The van der Waals surface area contributed by atoms with Crippen LogP contribution in [0.3, 0.4) is 0 Å². The lowest BCUT2D eigenvalue weighted by Gasteiger charge is -2.02. The Hall–Kier alpha value is -1.40. The summed E-state index contributed by atoms with van der Waals surface area (Å²) in [5.41, 5.74) is 0. The minimum absolute atomic E-state index is 0.0326. The molecule has 0 saturated heterocycles. The van der Waals surface area contributed by atoms with E-state index in [1.54, 1.807) is 0 Å². The Kier molecular flexibility index (Phi) is 5.65. The highest BCUT2D eigenvalue weighted by Crippen LogP contribution is 2.16. The van der Waals surface area contributed by atoms with E-state index < -0.39 is 5.97 Å². The van der Waals surface area contributed by atoms with E-state index in [2.05, 4.69) is 10.6 Å². The maximum atomic E-state index is 11.1. The van der Waals surface area contributed by atoms with Gasteiger partial charge in [0.25, 0.3) is 0 Å². The molecule has 0 radical (unpaired) electrons. The van der Waals surface area contributed by atoms with Crippen LogP contribution in [0.15, 0.2) is 12.1 Å². The molecule has 0 spiro atoms. The van der Waals surface area contributed by atoms with Gasteiger partial charge < -0.3 is 15.7 Å². The van der Waals surface area contributed by atoms with Crippen molar-refractivity contribution in [2.24, 2.45) is 0 Å². The van der Waals surface area contributed by atoms with E-state index >= 15 is 0 Å². The molecule has 0 aliphatic carbocycles. The fraction of sp³-hybridized carbons (Fsp3) is 0.455. The first kappa shape index (κ1) is 13.7. The number of rotatable bonds is 7. The molecule has 0 atom stereocenters. The quantitative estimate of drug-likeness (QED) is 0.667. The molecule has 3 N–H and O–H groups in total. The van der Waals surface area contributed by atoms with Crippen LogP contribution in [0.1, 0.15) is 16.7 Å². The number of amides is 1. The van der Waals surface area contributed by atoms with Crippen LogP contribution in [0, 0.1) is 0 Å². The number of nitrogens with one attached hydrogen (secondary N) is 2. The summed E-state index contributed by atoms with van der Waals surface area (Å²) in [5.74, 6) is -0.858. The van der Waals surface area contributed by atoms with Crippen molar-refractivity contribution in [3.63, 3.8) is 0 Å². The third-order valence-corrected chi connectivity index (χ3v) is 3.09. The molecule has 0 unspecified atom stereocenters. The third kappa shape index (κ3) is 5.46. The van der Waals surface area contributed by atoms with Gasteiger partial charge in [-0.3, -0.25) is 9.59 Å². The lowest BCUT2D eigenvalue weighted by molar-refractivity contribution is -0.136. The molecule has 1 rings (SSSR count). The van der Waals surface area contributed by atoms with E-state index in [1.165, 1.54) is 11.3 Å². The molecule has 94 valence electrons. The van der Waals surface area contributed by atoms with Crippen LogP contribution in [-0.4, -0.2) is 30.1 Å². The van der Waals surface area contributed by atoms with Gasteiger partial charge in [0.05, 0.1) is 13.0 Å². The number of likely N-dealkylation sites (N-methyl/N-ethyl adjacent to an activating group) is 1. The van der Waals surface area contributed by atoms with Gasteiger partial charge in [-0.15, -0.1) is 11.3 Å². The zero-order valence-corrected chi connectivity index (χ0v) is 10.5. The molecule has 0 aromatic carbocycles. The minimum atomic E-state index is -0.825. The Morgan fingerprint density at radius 2 is 2.06 bits per heavy atom. The second-order valence-corrected chi connectivity index (χ2v) is 4.75. The van der Waals surface area contributed by atoms with Gasteiger partial charge in [0, 0.05) is 22.8 Å². The van der Waals surface area contributed by atoms with Crippen LogP contribution >= 0.6 is 11.3 Å². The zero-order valence-electron chi connectivity index (χ0n) is 9.66. The summed E-state index contributed by atoms with van der Waals surface area (Å²) in [4.78, 5) is 23.5. The third-order valence-electron chi connectivity index (χ3n) is 2.00. The number of carboxylic acid groups (broad SMARTS) is 1. The lowest BCUT2D eigenvalue weighted by atomic mass is 10.3. The van der Waals surface area contributed by atoms with Gasteiger partial charge in [-0.25, -0.2) is 0 Å². The van der Waals surface area contributed by atoms with Crippen LogP contribution in [0.4, 0.5) is 0 Å². The van der Waals surface area contributed by atoms with Crippen molar-refractivity contribution in [2.75, 3.05) is 13.1 Å². The van der Waals surface area contributed by atoms with Crippen LogP contribution in [-0.2, 0) is 22.6 Å². The number of carbonyl (C=O) groups excluding carboxylic acids is 1. The number of hydrogen-bond donors (Lipinski definition) is 3. The van der Waals surface area contributed by atoms with Gasteiger partial charge >= 0.3 is 5.97 Å². The van der Waals surface area contributed by atoms with Crippen LogP contribution in [0.2, 0.25) is 0 Å². The summed E-state index contributed by atoms with van der Waals surface area (Å²) in [5, 5.41) is 14.3.